The van der Waals surface area contributed by atoms with Crippen LogP contribution in [-0.2, 0) is 4.79 Å². The van der Waals surface area contributed by atoms with Crippen molar-refractivity contribution in [2.75, 3.05) is 23.9 Å². The van der Waals surface area contributed by atoms with E-state index in [1.165, 1.54) is 11.8 Å². The Morgan fingerprint density at radius 1 is 1.48 bits per heavy atom. The van der Waals surface area contributed by atoms with Crippen molar-refractivity contribution >= 4 is 29.0 Å². The second-order valence-electron chi connectivity index (χ2n) is 4.41. The van der Waals surface area contributed by atoms with E-state index in [2.05, 4.69) is 10.3 Å². The SMILES string of the molecule is COc1ccc(NC(=O)CSc2nc(C)c(C)o2)c(N)c1. The van der Waals surface area contributed by atoms with Gasteiger partial charge >= 0.3 is 0 Å². The van der Waals surface area contributed by atoms with Gasteiger partial charge in [0.05, 0.1) is 29.9 Å². The lowest BCUT2D eigenvalue weighted by Gasteiger charge is -2.09. The normalized spacial score (nSPS) is 10.4. The summed E-state index contributed by atoms with van der Waals surface area (Å²) in [7, 11) is 1.56. The Labute approximate surface area is 127 Å². The van der Waals surface area contributed by atoms with Crippen LogP contribution in [0.25, 0.3) is 0 Å². The van der Waals surface area contributed by atoms with Gasteiger partial charge in [0.15, 0.2) is 0 Å². The summed E-state index contributed by atoms with van der Waals surface area (Å²) in [6.45, 7) is 3.70. The molecular weight excluding hydrogens is 290 g/mol. The van der Waals surface area contributed by atoms with Gasteiger partial charge in [-0.25, -0.2) is 4.98 Å². The standard InChI is InChI=1S/C14H17N3O3S/c1-8-9(2)20-14(16-8)21-7-13(18)17-12-5-4-10(19-3)6-11(12)15/h4-6H,7,15H2,1-3H3,(H,17,18). The molecule has 3 N–H and O–H groups in total. The van der Waals surface area contributed by atoms with Gasteiger partial charge in [-0.15, -0.1) is 0 Å². The Bertz CT molecular complexity index is 635. The number of hydrogen-bond donors (Lipinski definition) is 2. The van der Waals surface area contributed by atoms with Crippen LogP contribution in [0.3, 0.4) is 0 Å². The lowest BCUT2D eigenvalue weighted by Crippen LogP contribution is -2.15. The third kappa shape index (κ3) is 3.91. The molecule has 0 spiro atoms. The van der Waals surface area contributed by atoms with E-state index in [4.69, 9.17) is 14.9 Å². The molecule has 0 atom stereocenters. The minimum Gasteiger partial charge on any atom is -0.497 e. The molecule has 0 bridgehead atoms. The first-order valence-electron chi connectivity index (χ1n) is 6.30. The largest absolute Gasteiger partial charge is 0.497 e. The zero-order valence-corrected chi connectivity index (χ0v) is 12.9. The van der Waals surface area contributed by atoms with Crippen LogP contribution < -0.4 is 15.8 Å². The van der Waals surface area contributed by atoms with Crippen molar-refractivity contribution in [2.45, 2.75) is 19.1 Å². The number of aryl methyl sites for hydroxylation is 2. The Morgan fingerprint density at radius 3 is 2.81 bits per heavy atom. The maximum absolute atomic E-state index is 11.9. The minimum absolute atomic E-state index is 0.176. The van der Waals surface area contributed by atoms with Crippen molar-refractivity contribution in [3.63, 3.8) is 0 Å². The van der Waals surface area contributed by atoms with Crippen LogP contribution in [0.15, 0.2) is 27.8 Å². The number of nitrogens with two attached hydrogens (primary N) is 1. The quantitative estimate of drug-likeness (QED) is 0.652. The Kier molecular flexibility index (Phi) is 4.74. The van der Waals surface area contributed by atoms with E-state index in [-0.39, 0.29) is 11.7 Å². The number of oxazole rings is 1. The molecule has 0 unspecified atom stereocenters. The van der Waals surface area contributed by atoms with Gasteiger partial charge in [0.25, 0.3) is 5.22 Å². The molecular formula is C14H17N3O3S. The Hall–Kier alpha value is -2.15. The maximum atomic E-state index is 11.9. The molecule has 1 aromatic carbocycles. The average Bonchev–Trinajstić information content (AvgIpc) is 2.78. The number of nitrogens with one attached hydrogen (secondary N) is 1. The number of anilines is 2. The number of carbonyl (C=O) groups excluding carboxylic acids is 1. The maximum Gasteiger partial charge on any atom is 0.256 e. The molecule has 0 saturated carbocycles. The number of methoxy groups -OCH3 is 1. The number of ether oxygens (including phenoxy) is 1. The average molecular weight is 307 g/mol. The zero-order chi connectivity index (χ0) is 15.4. The third-order valence-electron chi connectivity index (χ3n) is 2.87. The first-order valence-corrected chi connectivity index (χ1v) is 7.28. The number of nitrogens with zero attached hydrogens (tertiary/aromatic N) is 1. The lowest BCUT2D eigenvalue weighted by atomic mass is 10.2. The predicted octanol–water partition coefficient (Wildman–Crippen LogP) is 2.61. The monoisotopic (exact) mass is 307 g/mol. The summed E-state index contributed by atoms with van der Waals surface area (Å²) in [5.74, 6) is 1.43. The summed E-state index contributed by atoms with van der Waals surface area (Å²) in [6, 6.07) is 5.10. The fourth-order valence-corrected chi connectivity index (χ4v) is 2.31. The minimum atomic E-state index is -0.176. The van der Waals surface area contributed by atoms with Crippen LogP contribution in [-0.4, -0.2) is 23.8 Å². The molecule has 0 aliphatic heterocycles. The molecule has 6 nitrogen and oxygen atoms in total. The summed E-state index contributed by atoms with van der Waals surface area (Å²) in [5, 5.41) is 3.23. The zero-order valence-electron chi connectivity index (χ0n) is 12.1. The van der Waals surface area contributed by atoms with Gasteiger partial charge in [-0.05, 0) is 26.0 Å². The number of hydrogen-bond acceptors (Lipinski definition) is 6. The molecule has 112 valence electrons. The van der Waals surface area contributed by atoms with Crippen molar-refractivity contribution < 1.29 is 13.9 Å². The second-order valence-corrected chi connectivity index (χ2v) is 5.34. The molecule has 0 radical (unpaired) electrons. The summed E-state index contributed by atoms with van der Waals surface area (Å²) in [6.07, 6.45) is 0. The number of nitrogen functional groups attached to an aromatic ring is 1. The van der Waals surface area contributed by atoms with Crippen LogP contribution >= 0.6 is 11.8 Å². The van der Waals surface area contributed by atoms with Crippen LogP contribution in [0.4, 0.5) is 11.4 Å². The molecule has 2 aromatic rings. The number of carbonyl (C=O) groups is 1. The summed E-state index contributed by atoms with van der Waals surface area (Å²) < 4.78 is 10.5. The number of rotatable bonds is 5. The molecule has 0 saturated heterocycles. The summed E-state index contributed by atoms with van der Waals surface area (Å²) in [4.78, 5) is 16.1. The molecule has 0 aliphatic carbocycles. The van der Waals surface area contributed by atoms with Gasteiger partial charge < -0.3 is 20.2 Å². The molecule has 2 rings (SSSR count). The van der Waals surface area contributed by atoms with E-state index in [1.807, 2.05) is 13.8 Å². The second kappa shape index (κ2) is 6.53. The van der Waals surface area contributed by atoms with Gasteiger partial charge in [-0.2, -0.15) is 0 Å². The number of amides is 1. The molecule has 1 heterocycles. The first-order chi connectivity index (χ1) is 9.99. The van der Waals surface area contributed by atoms with E-state index in [1.54, 1.807) is 25.3 Å². The smallest absolute Gasteiger partial charge is 0.256 e. The first kappa shape index (κ1) is 15.2. The van der Waals surface area contributed by atoms with Crippen LogP contribution in [0, 0.1) is 13.8 Å². The fourth-order valence-electron chi connectivity index (χ4n) is 1.60. The summed E-state index contributed by atoms with van der Waals surface area (Å²) in [5.41, 5.74) is 7.68. The van der Waals surface area contributed by atoms with Crippen molar-refractivity contribution in [1.29, 1.82) is 0 Å². The van der Waals surface area contributed by atoms with Gasteiger partial charge in [0.2, 0.25) is 5.91 Å². The molecule has 0 aliphatic rings. The molecule has 1 amide bonds. The fraction of sp³-hybridized carbons (Fsp3) is 0.286. The van der Waals surface area contributed by atoms with Gasteiger partial charge in [0, 0.05) is 6.07 Å². The predicted molar refractivity (Wildman–Crippen MR) is 82.7 cm³/mol. The van der Waals surface area contributed by atoms with E-state index < -0.39 is 0 Å². The topological polar surface area (TPSA) is 90.4 Å². The van der Waals surface area contributed by atoms with Crippen molar-refractivity contribution in [3.05, 3.63) is 29.7 Å². The van der Waals surface area contributed by atoms with Gasteiger partial charge in [-0.1, -0.05) is 11.8 Å². The highest BCUT2D eigenvalue weighted by molar-refractivity contribution is 7.99. The van der Waals surface area contributed by atoms with E-state index in [9.17, 15) is 4.79 Å². The number of benzene rings is 1. The third-order valence-corrected chi connectivity index (χ3v) is 3.70. The van der Waals surface area contributed by atoms with Gasteiger partial charge in [-0.3, -0.25) is 4.79 Å². The van der Waals surface area contributed by atoms with Crippen molar-refractivity contribution in [3.8, 4) is 5.75 Å². The van der Waals surface area contributed by atoms with Crippen molar-refractivity contribution in [2.24, 2.45) is 0 Å². The van der Waals surface area contributed by atoms with E-state index >= 15 is 0 Å². The molecule has 0 fully saturated rings. The highest BCUT2D eigenvalue weighted by atomic mass is 32.2. The van der Waals surface area contributed by atoms with Gasteiger partial charge in [0.1, 0.15) is 11.5 Å². The molecule has 21 heavy (non-hydrogen) atoms. The van der Waals surface area contributed by atoms with Crippen LogP contribution in [0.1, 0.15) is 11.5 Å². The molecule has 1 aromatic heterocycles. The number of thioether (sulfide) groups is 1. The molecule has 7 heteroatoms. The Balaban J connectivity index is 1.92. The lowest BCUT2D eigenvalue weighted by molar-refractivity contribution is -0.113. The van der Waals surface area contributed by atoms with Crippen LogP contribution in [0.5, 0.6) is 5.75 Å². The van der Waals surface area contributed by atoms with E-state index in [0.717, 1.165) is 11.5 Å². The number of aromatic nitrogens is 1. The highest BCUT2D eigenvalue weighted by Gasteiger charge is 2.11. The van der Waals surface area contributed by atoms with E-state index in [0.29, 0.717) is 22.3 Å². The highest BCUT2D eigenvalue weighted by Crippen LogP contribution is 2.25. The summed E-state index contributed by atoms with van der Waals surface area (Å²) >= 11 is 1.24. The van der Waals surface area contributed by atoms with Crippen molar-refractivity contribution in [1.82, 2.24) is 4.98 Å². The Morgan fingerprint density at radius 2 is 2.24 bits per heavy atom. The van der Waals surface area contributed by atoms with Crippen LogP contribution in [0.2, 0.25) is 0 Å².